The maximum Gasteiger partial charge on any atom is 0.186 e. The van der Waals surface area contributed by atoms with Crippen molar-refractivity contribution >= 4 is 40.0 Å². The minimum absolute atomic E-state index is 0.0477. The number of thioether (sulfide) groups is 1. The maximum atomic E-state index is 12.4. The summed E-state index contributed by atoms with van der Waals surface area (Å²) in [5.41, 5.74) is 0.427. The maximum absolute atomic E-state index is 12.4. The number of hydrogen-bond acceptors (Lipinski definition) is 7. The van der Waals surface area contributed by atoms with Crippen LogP contribution in [0.1, 0.15) is 16.5 Å². The van der Waals surface area contributed by atoms with Gasteiger partial charge >= 0.3 is 0 Å². The second kappa shape index (κ2) is 5.34. The first-order valence-corrected chi connectivity index (χ1v) is 7.69. The van der Waals surface area contributed by atoms with Gasteiger partial charge in [-0.2, -0.15) is 0 Å². The van der Waals surface area contributed by atoms with Crippen LogP contribution in [-0.4, -0.2) is 26.0 Å². The number of nitrogens with zero attached hydrogens (tertiary/aromatic N) is 1. The lowest BCUT2D eigenvalue weighted by Gasteiger charge is -2.02. The molecule has 1 saturated heterocycles. The number of phenolic OH excluding ortho intramolecular Hbond substituents is 2. The number of thiazole rings is 1. The van der Waals surface area contributed by atoms with E-state index in [4.69, 9.17) is 5.41 Å². The first-order chi connectivity index (χ1) is 10.1. The van der Waals surface area contributed by atoms with Gasteiger partial charge in [-0.05, 0) is 18.2 Å². The molecule has 1 aromatic heterocycles. The fourth-order valence-corrected chi connectivity index (χ4v) is 3.78. The van der Waals surface area contributed by atoms with Crippen LogP contribution in [0, 0.1) is 5.41 Å². The van der Waals surface area contributed by atoms with E-state index in [1.807, 2.05) is 0 Å². The summed E-state index contributed by atoms with van der Waals surface area (Å²) in [6.07, 6.45) is 3.14. The van der Waals surface area contributed by atoms with Crippen LogP contribution in [0.5, 0.6) is 11.5 Å². The van der Waals surface area contributed by atoms with Gasteiger partial charge in [-0.1, -0.05) is 11.8 Å². The number of nitrogens with one attached hydrogen (secondary N) is 1. The Morgan fingerprint density at radius 2 is 2.14 bits per heavy atom. The summed E-state index contributed by atoms with van der Waals surface area (Å²) < 4.78 is 0. The summed E-state index contributed by atoms with van der Waals surface area (Å²) in [7, 11) is 0. The molecule has 0 spiro atoms. The predicted molar refractivity (Wildman–Crippen MR) is 82.9 cm³/mol. The monoisotopic (exact) mass is 318 g/mol. The standard InChI is InChI=1S/C14H10N2O3S2/c15-13-11(14-16-3-4-20-14)12(19)10(21-13)5-7-1-2-8(17)6-9(7)18/h1-6,11,15,17-18H. The molecule has 2 heterocycles. The number of rotatable bonds is 2. The molecule has 0 amide bonds. The van der Waals surface area contributed by atoms with E-state index in [9.17, 15) is 15.0 Å². The van der Waals surface area contributed by atoms with Crippen LogP contribution in [0.25, 0.3) is 6.08 Å². The number of phenols is 2. The third-order valence-corrected chi connectivity index (χ3v) is 4.82. The Morgan fingerprint density at radius 1 is 1.33 bits per heavy atom. The molecule has 0 bridgehead atoms. The molecular formula is C14H10N2O3S2. The molecule has 1 aliphatic heterocycles. The Balaban J connectivity index is 1.95. The predicted octanol–water partition coefficient (Wildman–Crippen LogP) is 2.97. The number of aromatic hydroxyl groups is 2. The molecule has 1 unspecified atom stereocenters. The number of ketones is 1. The van der Waals surface area contributed by atoms with Crippen molar-refractivity contribution in [2.45, 2.75) is 5.92 Å². The van der Waals surface area contributed by atoms with Crippen LogP contribution in [0.4, 0.5) is 0 Å². The van der Waals surface area contributed by atoms with Gasteiger partial charge in [0.2, 0.25) is 0 Å². The van der Waals surface area contributed by atoms with Crippen LogP contribution in [0.15, 0.2) is 34.7 Å². The van der Waals surface area contributed by atoms with E-state index in [-0.39, 0.29) is 22.3 Å². The fourth-order valence-electron chi connectivity index (χ4n) is 1.99. The summed E-state index contributed by atoms with van der Waals surface area (Å²) >= 11 is 2.42. The molecular weight excluding hydrogens is 308 g/mol. The van der Waals surface area contributed by atoms with Crippen LogP contribution >= 0.6 is 23.1 Å². The van der Waals surface area contributed by atoms with E-state index < -0.39 is 5.92 Å². The van der Waals surface area contributed by atoms with Crippen molar-refractivity contribution < 1.29 is 15.0 Å². The minimum atomic E-state index is -0.638. The van der Waals surface area contributed by atoms with Crippen molar-refractivity contribution in [2.75, 3.05) is 0 Å². The zero-order valence-electron chi connectivity index (χ0n) is 10.6. The van der Waals surface area contributed by atoms with Crippen molar-refractivity contribution in [2.24, 2.45) is 0 Å². The first-order valence-electron chi connectivity index (χ1n) is 6.00. The largest absolute Gasteiger partial charge is 0.508 e. The van der Waals surface area contributed by atoms with Gasteiger partial charge in [0.1, 0.15) is 22.4 Å². The molecule has 21 heavy (non-hydrogen) atoms. The molecule has 1 aromatic carbocycles. The number of benzene rings is 1. The molecule has 7 heteroatoms. The highest BCUT2D eigenvalue weighted by molar-refractivity contribution is 8.19. The summed E-state index contributed by atoms with van der Waals surface area (Å²) in [5.74, 6) is -0.985. The Hall–Kier alpha value is -2.12. The van der Waals surface area contributed by atoms with Gasteiger partial charge in [-0.15, -0.1) is 11.3 Å². The lowest BCUT2D eigenvalue weighted by molar-refractivity contribution is -0.114. The fraction of sp³-hybridized carbons (Fsp3) is 0.0714. The van der Waals surface area contributed by atoms with Crippen molar-refractivity contribution in [3.63, 3.8) is 0 Å². The molecule has 1 atom stereocenters. The SMILES string of the molecule is N=C1SC(=Cc2ccc(O)cc2O)C(=O)C1c1nccs1. The molecule has 1 aliphatic rings. The second-order valence-corrected chi connectivity index (χ2v) is 6.40. The Morgan fingerprint density at radius 3 is 2.81 bits per heavy atom. The van der Waals surface area contributed by atoms with Gasteiger partial charge in [0.05, 0.1) is 9.95 Å². The van der Waals surface area contributed by atoms with E-state index in [2.05, 4.69) is 4.98 Å². The smallest absolute Gasteiger partial charge is 0.186 e. The van der Waals surface area contributed by atoms with Gasteiger partial charge in [-0.3, -0.25) is 10.2 Å². The van der Waals surface area contributed by atoms with Crippen molar-refractivity contribution in [1.82, 2.24) is 4.98 Å². The highest BCUT2D eigenvalue weighted by Gasteiger charge is 2.38. The molecule has 0 aliphatic carbocycles. The average Bonchev–Trinajstić information content (AvgIpc) is 3.02. The molecule has 1 fully saturated rings. The van der Waals surface area contributed by atoms with Gasteiger partial charge in [0, 0.05) is 23.2 Å². The molecule has 5 nitrogen and oxygen atoms in total. The summed E-state index contributed by atoms with van der Waals surface area (Å²) in [4.78, 5) is 16.9. The zero-order chi connectivity index (χ0) is 15.0. The molecule has 3 rings (SSSR count). The number of carbonyl (C=O) groups excluding carboxylic acids is 1. The van der Waals surface area contributed by atoms with Gasteiger partial charge < -0.3 is 10.2 Å². The van der Waals surface area contributed by atoms with Crippen LogP contribution in [0.2, 0.25) is 0 Å². The third-order valence-electron chi connectivity index (χ3n) is 2.99. The third kappa shape index (κ3) is 2.57. The van der Waals surface area contributed by atoms with E-state index in [0.29, 0.717) is 15.5 Å². The molecule has 106 valence electrons. The average molecular weight is 318 g/mol. The summed E-state index contributed by atoms with van der Waals surface area (Å²) in [6, 6.07) is 4.16. The molecule has 3 N–H and O–H groups in total. The first kappa shape index (κ1) is 13.8. The van der Waals surface area contributed by atoms with Crippen LogP contribution in [0.3, 0.4) is 0 Å². The Kier molecular flexibility index (Phi) is 3.52. The number of allylic oxidation sites excluding steroid dienone is 1. The lowest BCUT2D eigenvalue weighted by atomic mass is 10.0. The van der Waals surface area contributed by atoms with Gasteiger partial charge in [0.25, 0.3) is 0 Å². The van der Waals surface area contributed by atoms with Crippen molar-refractivity contribution in [3.8, 4) is 11.5 Å². The minimum Gasteiger partial charge on any atom is -0.508 e. The summed E-state index contributed by atoms with van der Waals surface area (Å²) in [6.45, 7) is 0. The second-order valence-electron chi connectivity index (χ2n) is 4.39. The molecule has 0 saturated carbocycles. The Bertz CT molecular complexity index is 754. The van der Waals surface area contributed by atoms with Crippen molar-refractivity contribution in [1.29, 1.82) is 5.41 Å². The van der Waals surface area contributed by atoms with Gasteiger partial charge in [0.15, 0.2) is 5.78 Å². The normalized spacial score (nSPS) is 20.4. The van der Waals surface area contributed by atoms with E-state index in [0.717, 1.165) is 11.8 Å². The number of carbonyl (C=O) groups is 1. The van der Waals surface area contributed by atoms with E-state index in [1.165, 1.54) is 35.6 Å². The van der Waals surface area contributed by atoms with Crippen LogP contribution in [-0.2, 0) is 4.79 Å². The number of aromatic nitrogens is 1. The van der Waals surface area contributed by atoms with Crippen molar-refractivity contribution in [3.05, 3.63) is 45.3 Å². The molecule has 2 aromatic rings. The zero-order valence-corrected chi connectivity index (χ0v) is 12.2. The lowest BCUT2D eigenvalue weighted by Crippen LogP contribution is -2.11. The molecule has 0 radical (unpaired) electrons. The Labute approximate surface area is 128 Å². The summed E-state index contributed by atoms with van der Waals surface area (Å²) in [5, 5.41) is 29.6. The van der Waals surface area contributed by atoms with E-state index in [1.54, 1.807) is 11.6 Å². The van der Waals surface area contributed by atoms with Crippen LogP contribution < -0.4 is 0 Å². The quantitative estimate of drug-likeness (QED) is 0.740. The van der Waals surface area contributed by atoms with E-state index >= 15 is 0 Å². The topological polar surface area (TPSA) is 94.3 Å². The van der Waals surface area contributed by atoms with Gasteiger partial charge in [-0.25, -0.2) is 4.98 Å². The number of Topliss-reactive ketones (excluding diaryl/α,β-unsaturated/α-hetero) is 1. The highest BCUT2D eigenvalue weighted by atomic mass is 32.2. The number of hydrogen-bond donors (Lipinski definition) is 3. The highest BCUT2D eigenvalue weighted by Crippen LogP contribution is 2.41.